The molecule has 1 aliphatic heterocycles. The summed E-state index contributed by atoms with van der Waals surface area (Å²) in [5, 5.41) is 0. The van der Waals surface area contributed by atoms with Crippen molar-refractivity contribution in [3.05, 3.63) is 24.3 Å². The normalized spacial score (nSPS) is 19.6. The molecule has 98 valence electrons. The van der Waals surface area contributed by atoms with Crippen LogP contribution in [0.2, 0.25) is 0 Å². The lowest BCUT2D eigenvalue weighted by molar-refractivity contribution is -0.136. The van der Waals surface area contributed by atoms with Gasteiger partial charge in [0.25, 0.3) is 5.91 Å². The monoisotopic (exact) mass is 248 g/mol. The van der Waals surface area contributed by atoms with Crippen LogP contribution in [0.15, 0.2) is 24.3 Å². The number of likely N-dealkylation sites (tertiary alicyclic amines) is 1. The Kier molecular flexibility index (Phi) is 4.07. The fourth-order valence-corrected chi connectivity index (χ4v) is 2.26. The molecule has 1 saturated heterocycles. The lowest BCUT2D eigenvalue weighted by Crippen LogP contribution is -2.44. The molecule has 1 aliphatic rings. The number of hydrogen-bond donors (Lipinski definition) is 1. The highest BCUT2D eigenvalue weighted by Crippen LogP contribution is 2.17. The summed E-state index contributed by atoms with van der Waals surface area (Å²) in [7, 11) is 0. The third-order valence-corrected chi connectivity index (χ3v) is 3.37. The third kappa shape index (κ3) is 3.15. The molecule has 0 aromatic heterocycles. The number of benzene rings is 1. The number of carbonyl (C=O) groups excluding carboxylic acids is 1. The minimum Gasteiger partial charge on any atom is -0.484 e. The molecule has 2 N–H and O–H groups in total. The number of amides is 1. The summed E-state index contributed by atoms with van der Waals surface area (Å²) >= 11 is 0. The van der Waals surface area contributed by atoms with Crippen LogP contribution in [-0.4, -0.2) is 30.0 Å². The van der Waals surface area contributed by atoms with E-state index in [0.29, 0.717) is 17.5 Å². The number of nitrogens with zero attached hydrogens (tertiary/aromatic N) is 1. The Labute approximate surface area is 108 Å². The molecule has 1 aromatic carbocycles. The average Bonchev–Trinajstić information content (AvgIpc) is 2.38. The van der Waals surface area contributed by atoms with E-state index in [9.17, 15) is 4.79 Å². The van der Waals surface area contributed by atoms with E-state index in [0.717, 1.165) is 19.4 Å². The minimum atomic E-state index is 0.0685. The number of rotatable bonds is 3. The zero-order valence-electron chi connectivity index (χ0n) is 10.8. The van der Waals surface area contributed by atoms with Gasteiger partial charge in [-0.3, -0.25) is 4.79 Å². The van der Waals surface area contributed by atoms with Gasteiger partial charge in [-0.05, 0) is 50.5 Å². The molecule has 0 spiro atoms. The number of piperidine rings is 1. The Balaban J connectivity index is 1.85. The number of carbonyl (C=O) groups is 1. The van der Waals surface area contributed by atoms with Crippen molar-refractivity contribution in [1.82, 2.24) is 4.90 Å². The van der Waals surface area contributed by atoms with Gasteiger partial charge in [0.05, 0.1) is 0 Å². The lowest BCUT2D eigenvalue weighted by Gasteiger charge is -2.33. The van der Waals surface area contributed by atoms with Crippen LogP contribution in [0.1, 0.15) is 26.2 Å². The zero-order valence-corrected chi connectivity index (χ0v) is 10.8. The van der Waals surface area contributed by atoms with Crippen LogP contribution in [0.4, 0.5) is 5.69 Å². The molecule has 0 bridgehead atoms. The van der Waals surface area contributed by atoms with Crippen LogP contribution in [0, 0.1) is 0 Å². The second kappa shape index (κ2) is 5.76. The quantitative estimate of drug-likeness (QED) is 0.833. The van der Waals surface area contributed by atoms with Gasteiger partial charge in [-0.2, -0.15) is 0 Å². The van der Waals surface area contributed by atoms with Gasteiger partial charge in [-0.25, -0.2) is 0 Å². The SMILES string of the molecule is CC1CCCCN1C(=O)COc1ccc(N)cc1. The van der Waals surface area contributed by atoms with Gasteiger partial charge in [-0.1, -0.05) is 0 Å². The maximum absolute atomic E-state index is 12.0. The van der Waals surface area contributed by atoms with Crippen LogP contribution in [-0.2, 0) is 4.79 Å². The highest BCUT2D eigenvalue weighted by atomic mass is 16.5. The number of hydrogen-bond acceptors (Lipinski definition) is 3. The van der Waals surface area contributed by atoms with Crippen LogP contribution in [0.3, 0.4) is 0 Å². The standard InChI is InChI=1S/C14H20N2O2/c1-11-4-2-3-9-16(11)14(17)10-18-13-7-5-12(15)6-8-13/h5-8,11H,2-4,9-10,15H2,1H3. The third-order valence-electron chi connectivity index (χ3n) is 3.37. The number of nitrogen functional groups attached to an aromatic ring is 1. The van der Waals surface area contributed by atoms with Crippen molar-refractivity contribution in [3.63, 3.8) is 0 Å². The number of ether oxygens (including phenoxy) is 1. The highest BCUT2D eigenvalue weighted by Gasteiger charge is 2.23. The van der Waals surface area contributed by atoms with Crippen LogP contribution in [0.5, 0.6) is 5.75 Å². The largest absolute Gasteiger partial charge is 0.484 e. The van der Waals surface area contributed by atoms with Gasteiger partial charge < -0.3 is 15.4 Å². The lowest BCUT2D eigenvalue weighted by atomic mass is 10.0. The van der Waals surface area contributed by atoms with E-state index in [-0.39, 0.29) is 12.5 Å². The van der Waals surface area contributed by atoms with Gasteiger partial charge in [0.2, 0.25) is 0 Å². The summed E-state index contributed by atoms with van der Waals surface area (Å²) in [5.74, 6) is 0.751. The maximum Gasteiger partial charge on any atom is 0.260 e. The van der Waals surface area contributed by atoms with E-state index in [1.807, 2.05) is 4.90 Å². The first-order chi connectivity index (χ1) is 8.66. The molecule has 0 saturated carbocycles. The molecule has 0 aliphatic carbocycles. The summed E-state index contributed by atoms with van der Waals surface area (Å²) in [6, 6.07) is 7.43. The molecule has 1 atom stereocenters. The first-order valence-electron chi connectivity index (χ1n) is 6.44. The second-order valence-electron chi connectivity index (χ2n) is 4.79. The van der Waals surface area contributed by atoms with E-state index in [1.165, 1.54) is 6.42 Å². The fraction of sp³-hybridized carbons (Fsp3) is 0.500. The average molecular weight is 248 g/mol. The van der Waals surface area contributed by atoms with Crippen LogP contribution >= 0.6 is 0 Å². The molecular weight excluding hydrogens is 228 g/mol. The summed E-state index contributed by atoms with van der Waals surface area (Å²) in [6.45, 7) is 3.06. The Morgan fingerprint density at radius 1 is 1.39 bits per heavy atom. The van der Waals surface area contributed by atoms with Crippen molar-refractivity contribution in [2.24, 2.45) is 0 Å². The van der Waals surface area contributed by atoms with E-state index in [4.69, 9.17) is 10.5 Å². The second-order valence-corrected chi connectivity index (χ2v) is 4.79. The molecule has 2 rings (SSSR count). The van der Waals surface area contributed by atoms with E-state index in [2.05, 4.69) is 6.92 Å². The maximum atomic E-state index is 12.0. The Morgan fingerprint density at radius 3 is 2.78 bits per heavy atom. The molecule has 0 radical (unpaired) electrons. The van der Waals surface area contributed by atoms with Gasteiger partial charge in [0.1, 0.15) is 5.75 Å². The number of anilines is 1. The molecular formula is C14H20N2O2. The van der Waals surface area contributed by atoms with E-state index < -0.39 is 0 Å². The Hall–Kier alpha value is -1.71. The van der Waals surface area contributed by atoms with Gasteiger partial charge in [-0.15, -0.1) is 0 Å². The van der Waals surface area contributed by atoms with Gasteiger partial charge in [0, 0.05) is 18.3 Å². The van der Waals surface area contributed by atoms with Crippen molar-refractivity contribution in [2.75, 3.05) is 18.9 Å². The predicted octanol–water partition coefficient (Wildman–Crippen LogP) is 2.05. The molecule has 1 aromatic rings. The van der Waals surface area contributed by atoms with Crippen molar-refractivity contribution < 1.29 is 9.53 Å². The minimum absolute atomic E-state index is 0.0685. The summed E-state index contributed by atoms with van der Waals surface area (Å²) < 4.78 is 5.48. The topological polar surface area (TPSA) is 55.6 Å². The van der Waals surface area contributed by atoms with Crippen molar-refractivity contribution >= 4 is 11.6 Å². The molecule has 1 fully saturated rings. The van der Waals surface area contributed by atoms with Crippen molar-refractivity contribution in [1.29, 1.82) is 0 Å². The number of nitrogens with two attached hydrogens (primary N) is 1. The van der Waals surface area contributed by atoms with Crippen LogP contribution in [0.25, 0.3) is 0 Å². The Morgan fingerprint density at radius 2 is 2.11 bits per heavy atom. The van der Waals surface area contributed by atoms with Crippen molar-refractivity contribution in [3.8, 4) is 5.75 Å². The summed E-state index contributed by atoms with van der Waals surface area (Å²) in [6.07, 6.45) is 3.40. The van der Waals surface area contributed by atoms with E-state index in [1.54, 1.807) is 24.3 Å². The molecule has 4 heteroatoms. The molecule has 4 nitrogen and oxygen atoms in total. The highest BCUT2D eigenvalue weighted by molar-refractivity contribution is 5.78. The Bertz CT molecular complexity index is 403. The van der Waals surface area contributed by atoms with Crippen LogP contribution < -0.4 is 10.5 Å². The molecule has 1 amide bonds. The zero-order chi connectivity index (χ0) is 13.0. The predicted molar refractivity (Wildman–Crippen MR) is 71.4 cm³/mol. The van der Waals surface area contributed by atoms with Crippen molar-refractivity contribution in [2.45, 2.75) is 32.2 Å². The van der Waals surface area contributed by atoms with E-state index >= 15 is 0 Å². The first kappa shape index (κ1) is 12.7. The molecule has 1 heterocycles. The fourth-order valence-electron chi connectivity index (χ4n) is 2.26. The van der Waals surface area contributed by atoms with Gasteiger partial charge >= 0.3 is 0 Å². The molecule has 1 unspecified atom stereocenters. The van der Waals surface area contributed by atoms with Gasteiger partial charge in [0.15, 0.2) is 6.61 Å². The first-order valence-corrected chi connectivity index (χ1v) is 6.44. The smallest absolute Gasteiger partial charge is 0.260 e. The summed E-state index contributed by atoms with van der Waals surface area (Å²) in [5.41, 5.74) is 6.28. The summed E-state index contributed by atoms with van der Waals surface area (Å²) in [4.78, 5) is 13.9. The molecule has 18 heavy (non-hydrogen) atoms.